The number of piperidine rings is 1. The number of rotatable bonds is 2. The summed E-state index contributed by atoms with van der Waals surface area (Å²) in [5.74, 6) is -0.225. The molecule has 1 atom stereocenters. The van der Waals surface area contributed by atoms with Crippen molar-refractivity contribution in [3.63, 3.8) is 0 Å². The lowest BCUT2D eigenvalue weighted by Crippen LogP contribution is -2.66. The van der Waals surface area contributed by atoms with Gasteiger partial charge in [-0.3, -0.25) is 9.59 Å². The van der Waals surface area contributed by atoms with E-state index < -0.39 is 16.6 Å². The Kier molecular flexibility index (Phi) is 5.87. The Morgan fingerprint density at radius 1 is 1.07 bits per heavy atom. The predicted octanol–water partition coefficient (Wildman–Crippen LogP) is 1.61. The summed E-state index contributed by atoms with van der Waals surface area (Å²) in [6.45, 7) is 9.16. The van der Waals surface area contributed by atoms with Gasteiger partial charge in [0.05, 0.1) is 18.7 Å². The maximum atomic E-state index is 12.6. The number of amides is 3. The quantitative estimate of drug-likeness (QED) is 0.748. The Morgan fingerprint density at radius 3 is 2.28 bits per heavy atom. The molecule has 1 unspecified atom stereocenters. The smallest absolute Gasteiger partial charge is 0.410 e. The molecular formula is C21H35N3O5. The Balaban J connectivity index is 1.73. The van der Waals surface area contributed by atoms with Crippen molar-refractivity contribution in [1.29, 1.82) is 0 Å². The molecule has 0 aromatic heterocycles. The van der Waals surface area contributed by atoms with Crippen LogP contribution in [0.2, 0.25) is 0 Å². The van der Waals surface area contributed by atoms with Gasteiger partial charge in [-0.15, -0.1) is 0 Å². The number of aliphatic hydroxyl groups is 1. The van der Waals surface area contributed by atoms with Crippen molar-refractivity contribution in [2.24, 2.45) is 5.41 Å². The molecule has 8 heteroatoms. The highest BCUT2D eigenvalue weighted by molar-refractivity contribution is 5.85. The van der Waals surface area contributed by atoms with E-state index in [1.54, 1.807) is 14.7 Å². The van der Waals surface area contributed by atoms with Crippen LogP contribution in [0.1, 0.15) is 59.8 Å². The maximum absolute atomic E-state index is 12.6. The maximum Gasteiger partial charge on any atom is 0.410 e. The molecule has 1 saturated carbocycles. The number of carbonyl (C=O) groups excluding carboxylic acids is 3. The Labute approximate surface area is 173 Å². The molecule has 8 nitrogen and oxygen atoms in total. The van der Waals surface area contributed by atoms with Gasteiger partial charge in [-0.25, -0.2) is 4.79 Å². The lowest BCUT2D eigenvalue weighted by molar-refractivity contribution is -0.163. The highest BCUT2D eigenvalue weighted by atomic mass is 16.6. The van der Waals surface area contributed by atoms with Crippen molar-refractivity contribution < 1.29 is 24.2 Å². The minimum atomic E-state index is -1.03. The SMILES string of the molecule is CC(=O)N1CCN(CC2(O)CCN(C(=O)OC(C)(C)C)CC23CCCC3)C(=O)C1. The summed E-state index contributed by atoms with van der Waals surface area (Å²) in [6, 6.07) is 0. The topological polar surface area (TPSA) is 90.4 Å². The van der Waals surface area contributed by atoms with Crippen molar-refractivity contribution >= 4 is 17.9 Å². The molecule has 1 aliphatic carbocycles. The van der Waals surface area contributed by atoms with Gasteiger partial charge in [0.25, 0.3) is 0 Å². The molecule has 2 heterocycles. The van der Waals surface area contributed by atoms with Crippen LogP contribution in [0.25, 0.3) is 0 Å². The van der Waals surface area contributed by atoms with Gasteiger partial charge in [0.1, 0.15) is 5.60 Å². The van der Waals surface area contributed by atoms with E-state index in [4.69, 9.17) is 4.74 Å². The fourth-order valence-corrected chi connectivity index (χ4v) is 5.04. The van der Waals surface area contributed by atoms with Gasteiger partial charge < -0.3 is 24.5 Å². The molecule has 29 heavy (non-hydrogen) atoms. The van der Waals surface area contributed by atoms with Crippen LogP contribution in [0.15, 0.2) is 0 Å². The Morgan fingerprint density at radius 2 is 1.72 bits per heavy atom. The first-order chi connectivity index (χ1) is 13.4. The fourth-order valence-electron chi connectivity index (χ4n) is 5.04. The summed E-state index contributed by atoms with van der Waals surface area (Å²) < 4.78 is 5.55. The van der Waals surface area contributed by atoms with Crippen LogP contribution in [0.3, 0.4) is 0 Å². The highest BCUT2D eigenvalue weighted by Crippen LogP contribution is 2.51. The number of hydrogen-bond acceptors (Lipinski definition) is 5. The number of likely N-dealkylation sites (tertiary alicyclic amines) is 1. The lowest BCUT2D eigenvalue weighted by Gasteiger charge is -2.54. The molecule has 164 valence electrons. The van der Waals surface area contributed by atoms with E-state index in [0.29, 0.717) is 32.6 Å². The first kappa shape index (κ1) is 21.9. The number of carbonyl (C=O) groups is 3. The van der Waals surface area contributed by atoms with Crippen molar-refractivity contribution in [2.45, 2.75) is 71.0 Å². The van der Waals surface area contributed by atoms with Crippen molar-refractivity contribution in [3.8, 4) is 0 Å². The molecule has 3 amide bonds. The number of hydrogen-bond donors (Lipinski definition) is 1. The van der Waals surface area contributed by atoms with E-state index in [0.717, 1.165) is 25.7 Å². The summed E-state index contributed by atoms with van der Waals surface area (Å²) in [5.41, 5.74) is -2.01. The van der Waals surface area contributed by atoms with Crippen molar-refractivity contribution in [1.82, 2.24) is 14.7 Å². The van der Waals surface area contributed by atoms with Crippen LogP contribution < -0.4 is 0 Å². The molecule has 0 bridgehead atoms. The van der Waals surface area contributed by atoms with Crippen LogP contribution in [0.4, 0.5) is 4.79 Å². The van der Waals surface area contributed by atoms with Crippen molar-refractivity contribution in [2.75, 3.05) is 39.3 Å². The third-order valence-electron chi connectivity index (χ3n) is 6.70. The largest absolute Gasteiger partial charge is 0.444 e. The van der Waals surface area contributed by atoms with E-state index >= 15 is 0 Å². The van der Waals surface area contributed by atoms with E-state index in [-0.39, 0.29) is 31.0 Å². The average Bonchev–Trinajstić information content (AvgIpc) is 3.08. The normalized spacial score (nSPS) is 27.5. The summed E-state index contributed by atoms with van der Waals surface area (Å²) in [7, 11) is 0. The Hall–Kier alpha value is -1.83. The standard InChI is InChI=1S/C21H35N3O5/c1-16(25)22-11-12-23(17(26)13-22)15-21(28)9-10-24(18(27)29-19(2,3)4)14-20(21)7-5-6-8-20/h28H,5-15H2,1-4H3. The third-order valence-corrected chi connectivity index (χ3v) is 6.70. The van der Waals surface area contributed by atoms with E-state index in [2.05, 4.69) is 0 Å². The van der Waals surface area contributed by atoms with Gasteiger partial charge in [0.15, 0.2) is 0 Å². The van der Waals surface area contributed by atoms with Gasteiger partial charge in [0.2, 0.25) is 11.8 Å². The van der Waals surface area contributed by atoms with Gasteiger partial charge in [0, 0.05) is 38.5 Å². The summed E-state index contributed by atoms with van der Waals surface area (Å²) in [4.78, 5) is 41.7. The van der Waals surface area contributed by atoms with Crippen LogP contribution in [-0.2, 0) is 14.3 Å². The third kappa shape index (κ3) is 4.52. The number of ether oxygens (including phenoxy) is 1. The molecule has 3 fully saturated rings. The second-order valence-corrected chi connectivity index (χ2v) is 9.93. The monoisotopic (exact) mass is 409 g/mol. The van der Waals surface area contributed by atoms with Crippen LogP contribution in [-0.4, -0.2) is 88.2 Å². The molecule has 0 aromatic rings. The minimum absolute atomic E-state index is 0.0719. The number of β-amino-alcohol motifs (C(OH)–C–C–N with tert-alkyl or cyclic N) is 1. The molecule has 0 aromatic carbocycles. The van der Waals surface area contributed by atoms with Gasteiger partial charge in [-0.05, 0) is 40.0 Å². The zero-order valence-corrected chi connectivity index (χ0v) is 18.2. The number of piperazine rings is 1. The van der Waals surface area contributed by atoms with Crippen LogP contribution >= 0.6 is 0 Å². The van der Waals surface area contributed by atoms with Crippen LogP contribution in [0, 0.1) is 5.41 Å². The van der Waals surface area contributed by atoms with Gasteiger partial charge in [-0.2, -0.15) is 0 Å². The van der Waals surface area contributed by atoms with Gasteiger partial charge in [-0.1, -0.05) is 12.8 Å². The molecule has 2 aliphatic heterocycles. The van der Waals surface area contributed by atoms with E-state index in [1.807, 2.05) is 20.8 Å². The molecule has 1 N–H and O–H groups in total. The first-order valence-corrected chi connectivity index (χ1v) is 10.7. The van der Waals surface area contributed by atoms with E-state index in [1.165, 1.54) is 6.92 Å². The van der Waals surface area contributed by atoms with Crippen LogP contribution in [0.5, 0.6) is 0 Å². The Bertz CT molecular complexity index is 668. The highest BCUT2D eigenvalue weighted by Gasteiger charge is 2.56. The molecule has 3 rings (SSSR count). The zero-order valence-electron chi connectivity index (χ0n) is 18.2. The summed E-state index contributed by atoms with van der Waals surface area (Å²) in [6.07, 6.45) is 3.78. The fraction of sp³-hybridized carbons (Fsp3) is 0.857. The predicted molar refractivity (Wildman–Crippen MR) is 107 cm³/mol. The minimum Gasteiger partial charge on any atom is -0.444 e. The lowest BCUT2D eigenvalue weighted by atomic mass is 9.65. The van der Waals surface area contributed by atoms with E-state index in [9.17, 15) is 19.5 Å². The van der Waals surface area contributed by atoms with Gasteiger partial charge >= 0.3 is 6.09 Å². The first-order valence-electron chi connectivity index (χ1n) is 10.7. The molecule has 2 saturated heterocycles. The van der Waals surface area contributed by atoms with Crippen molar-refractivity contribution in [3.05, 3.63) is 0 Å². The number of nitrogens with zero attached hydrogens (tertiary/aromatic N) is 3. The molecular weight excluding hydrogens is 374 g/mol. The second-order valence-electron chi connectivity index (χ2n) is 9.93. The second kappa shape index (κ2) is 7.78. The summed E-state index contributed by atoms with van der Waals surface area (Å²) in [5, 5.41) is 11.7. The zero-order chi connectivity index (χ0) is 21.4. The molecule has 3 aliphatic rings. The molecule has 0 radical (unpaired) electrons. The summed E-state index contributed by atoms with van der Waals surface area (Å²) >= 11 is 0. The molecule has 1 spiro atoms. The average molecular weight is 410 g/mol.